The molecule has 4 aromatic rings. The average Bonchev–Trinajstić information content (AvgIpc) is 3.52. The van der Waals surface area contributed by atoms with Gasteiger partial charge in [0.1, 0.15) is 12.4 Å². The van der Waals surface area contributed by atoms with Gasteiger partial charge in [-0.15, -0.1) is 0 Å². The summed E-state index contributed by atoms with van der Waals surface area (Å²) in [5, 5.41) is 0. The average molecular weight is 678 g/mol. The van der Waals surface area contributed by atoms with Gasteiger partial charge in [0.05, 0.1) is 36.4 Å². The van der Waals surface area contributed by atoms with Crippen molar-refractivity contribution in [2.45, 2.75) is 96.7 Å². The quantitative estimate of drug-likeness (QED) is 0.202. The SMILES string of the molecule is Cc1cccc(C)c1-c1cc2nc(n1)NSc1cccc(c1)C(=O)N(Cc1cncc(N3CCC[C@@H]3C3CCC3)n1)[C@H](CC(C)(C)C)CO2. The molecular weight excluding hydrogens is 631 g/mol. The molecule has 0 radical (unpaired) electrons. The summed E-state index contributed by atoms with van der Waals surface area (Å²) in [4.78, 5) is 39.4. The summed E-state index contributed by atoms with van der Waals surface area (Å²) in [6.07, 6.45) is 10.8. The number of anilines is 2. The molecule has 2 atom stereocenters. The number of hydrogen-bond acceptors (Lipinski definition) is 9. The van der Waals surface area contributed by atoms with Crippen LogP contribution in [0.1, 0.15) is 86.5 Å². The topological polar surface area (TPSA) is 96.4 Å². The van der Waals surface area contributed by atoms with Gasteiger partial charge in [-0.05, 0) is 98.6 Å². The first kappa shape index (κ1) is 33.3. The van der Waals surface area contributed by atoms with E-state index < -0.39 is 0 Å². The molecule has 4 heterocycles. The lowest BCUT2D eigenvalue weighted by molar-refractivity contribution is 0.0509. The van der Waals surface area contributed by atoms with Crippen LogP contribution in [0, 0.1) is 25.2 Å². The number of ether oxygens (including phenoxy) is 1. The molecule has 1 saturated heterocycles. The largest absolute Gasteiger partial charge is 0.475 e. The highest BCUT2D eigenvalue weighted by atomic mass is 32.2. The normalized spacial score (nSPS) is 20.1. The number of carbonyl (C=O) groups excluding carboxylic acids is 1. The maximum atomic E-state index is 14.6. The van der Waals surface area contributed by atoms with E-state index >= 15 is 0 Å². The Morgan fingerprint density at radius 1 is 0.959 bits per heavy atom. The van der Waals surface area contributed by atoms with Gasteiger partial charge in [-0.25, -0.2) is 9.97 Å². The van der Waals surface area contributed by atoms with Crippen molar-refractivity contribution in [1.29, 1.82) is 0 Å². The summed E-state index contributed by atoms with van der Waals surface area (Å²) in [5.41, 5.74) is 5.43. The minimum absolute atomic E-state index is 0.0608. The monoisotopic (exact) mass is 677 g/mol. The van der Waals surface area contributed by atoms with E-state index in [2.05, 4.69) is 67.4 Å². The molecule has 0 unspecified atom stereocenters. The van der Waals surface area contributed by atoms with Crippen LogP contribution in [0.25, 0.3) is 11.3 Å². The van der Waals surface area contributed by atoms with Crippen molar-refractivity contribution in [3.8, 4) is 17.1 Å². The van der Waals surface area contributed by atoms with Crippen molar-refractivity contribution in [2.75, 3.05) is 22.8 Å². The summed E-state index contributed by atoms with van der Waals surface area (Å²) in [6, 6.07) is 16.2. The molecule has 1 aliphatic carbocycles. The molecule has 256 valence electrons. The molecule has 2 aromatic carbocycles. The Hall–Kier alpha value is -4.18. The van der Waals surface area contributed by atoms with Gasteiger partial charge in [-0.3, -0.25) is 14.5 Å². The second-order valence-electron chi connectivity index (χ2n) is 15.0. The number of nitrogens with zero attached hydrogens (tertiary/aromatic N) is 6. The van der Waals surface area contributed by atoms with E-state index in [-0.39, 0.29) is 24.0 Å². The summed E-state index contributed by atoms with van der Waals surface area (Å²) in [7, 11) is 0. The molecule has 0 spiro atoms. The van der Waals surface area contributed by atoms with E-state index in [0.717, 1.165) is 57.7 Å². The number of amides is 1. The number of hydrogen-bond donors (Lipinski definition) is 1. The second kappa shape index (κ2) is 14.0. The van der Waals surface area contributed by atoms with Crippen LogP contribution in [-0.4, -0.2) is 56.0 Å². The molecule has 9 nitrogen and oxygen atoms in total. The van der Waals surface area contributed by atoms with E-state index in [0.29, 0.717) is 30.0 Å². The van der Waals surface area contributed by atoms with Gasteiger partial charge in [0.2, 0.25) is 11.8 Å². The minimum Gasteiger partial charge on any atom is -0.475 e. The summed E-state index contributed by atoms with van der Waals surface area (Å²) < 4.78 is 9.88. The standard InChI is InChI=1S/C39H47N7O2S/c1-25-10-6-11-26(2)36(25)32-19-35-43-38(42-32)44-49-31-15-8-14-28(18-31)37(47)46(30(24-48-35)20-39(3,4)5)23-29-21-40-22-34(41-29)45-17-9-16-33(45)27-12-7-13-27/h6,8,10-11,14-15,18-19,21-22,27,30,33H,7,9,12-13,16-17,20,23-24H2,1-5H3,(H,42,43,44)/t30-,33-/m1/s1. The van der Waals surface area contributed by atoms with Crippen LogP contribution in [0.15, 0.2) is 65.8 Å². The fraction of sp³-hybridized carbons (Fsp3) is 0.462. The minimum atomic E-state index is -0.264. The molecule has 2 fully saturated rings. The molecule has 2 aromatic heterocycles. The van der Waals surface area contributed by atoms with Crippen LogP contribution in [0.4, 0.5) is 11.8 Å². The molecule has 2 aliphatic heterocycles. The molecule has 7 rings (SSSR count). The van der Waals surface area contributed by atoms with Crippen LogP contribution in [-0.2, 0) is 6.54 Å². The van der Waals surface area contributed by atoms with Crippen molar-refractivity contribution < 1.29 is 9.53 Å². The van der Waals surface area contributed by atoms with Crippen LogP contribution in [0.5, 0.6) is 5.88 Å². The lowest BCUT2D eigenvalue weighted by atomic mass is 9.79. The predicted octanol–water partition coefficient (Wildman–Crippen LogP) is 8.28. The lowest BCUT2D eigenvalue weighted by Gasteiger charge is -2.38. The van der Waals surface area contributed by atoms with Gasteiger partial charge in [0, 0.05) is 34.7 Å². The van der Waals surface area contributed by atoms with Crippen molar-refractivity contribution in [3.63, 3.8) is 0 Å². The Kier molecular flexibility index (Phi) is 9.50. The van der Waals surface area contributed by atoms with Gasteiger partial charge in [-0.2, -0.15) is 4.98 Å². The van der Waals surface area contributed by atoms with Gasteiger partial charge in [0.25, 0.3) is 5.91 Å². The third-order valence-electron chi connectivity index (χ3n) is 10.0. The fourth-order valence-corrected chi connectivity index (χ4v) is 8.18. The van der Waals surface area contributed by atoms with E-state index in [9.17, 15) is 4.79 Å². The lowest BCUT2D eigenvalue weighted by Crippen LogP contribution is -2.45. The molecule has 10 heteroatoms. The zero-order chi connectivity index (χ0) is 34.1. The van der Waals surface area contributed by atoms with Crippen LogP contribution < -0.4 is 14.4 Å². The zero-order valence-electron chi connectivity index (χ0n) is 29.3. The zero-order valence-corrected chi connectivity index (χ0v) is 30.1. The molecular formula is C39H47N7O2S. The van der Waals surface area contributed by atoms with Crippen LogP contribution in [0.2, 0.25) is 0 Å². The van der Waals surface area contributed by atoms with Crippen molar-refractivity contribution in [1.82, 2.24) is 24.8 Å². The van der Waals surface area contributed by atoms with Gasteiger partial charge >= 0.3 is 0 Å². The summed E-state index contributed by atoms with van der Waals surface area (Å²) in [5.74, 6) is 2.53. The fourth-order valence-electron chi connectivity index (χ4n) is 7.54. The molecule has 3 aliphatic rings. The van der Waals surface area contributed by atoms with Gasteiger partial charge < -0.3 is 14.5 Å². The van der Waals surface area contributed by atoms with Crippen molar-refractivity contribution in [2.24, 2.45) is 11.3 Å². The molecule has 4 bridgehead atoms. The molecule has 49 heavy (non-hydrogen) atoms. The highest BCUT2D eigenvalue weighted by Crippen LogP contribution is 2.39. The Morgan fingerprint density at radius 3 is 2.51 bits per heavy atom. The van der Waals surface area contributed by atoms with Gasteiger partial charge in [-0.1, -0.05) is 51.5 Å². The first-order chi connectivity index (χ1) is 23.6. The highest BCUT2D eigenvalue weighted by Gasteiger charge is 2.36. The second-order valence-corrected chi connectivity index (χ2v) is 15.9. The van der Waals surface area contributed by atoms with E-state index in [1.165, 1.54) is 44.1 Å². The van der Waals surface area contributed by atoms with Crippen molar-refractivity contribution >= 4 is 29.6 Å². The maximum Gasteiger partial charge on any atom is 0.254 e. The number of benzene rings is 2. The number of aryl methyl sites for hydroxylation is 2. The van der Waals surface area contributed by atoms with E-state index in [4.69, 9.17) is 19.7 Å². The third-order valence-corrected chi connectivity index (χ3v) is 10.8. The molecule has 1 N–H and O–H groups in total. The van der Waals surface area contributed by atoms with Crippen LogP contribution in [0.3, 0.4) is 0 Å². The summed E-state index contributed by atoms with van der Waals surface area (Å²) in [6.45, 7) is 12.4. The number of carbonyl (C=O) groups is 1. The van der Waals surface area contributed by atoms with Gasteiger partial charge in [0.15, 0.2) is 0 Å². The predicted molar refractivity (Wildman–Crippen MR) is 196 cm³/mol. The first-order valence-electron chi connectivity index (χ1n) is 17.6. The first-order valence-corrected chi connectivity index (χ1v) is 18.4. The smallest absolute Gasteiger partial charge is 0.254 e. The maximum absolute atomic E-state index is 14.6. The Morgan fingerprint density at radius 2 is 1.76 bits per heavy atom. The number of nitrogens with one attached hydrogen (secondary N) is 1. The van der Waals surface area contributed by atoms with E-state index in [1.54, 1.807) is 0 Å². The molecule has 1 amide bonds. The molecule has 1 saturated carbocycles. The van der Waals surface area contributed by atoms with E-state index in [1.807, 2.05) is 47.6 Å². The number of rotatable bonds is 6. The highest BCUT2D eigenvalue weighted by molar-refractivity contribution is 8.00. The Labute approximate surface area is 294 Å². The Bertz CT molecular complexity index is 1800. The summed E-state index contributed by atoms with van der Waals surface area (Å²) >= 11 is 1.38. The van der Waals surface area contributed by atoms with Crippen LogP contribution >= 0.6 is 11.9 Å². The Balaban J connectivity index is 1.26. The van der Waals surface area contributed by atoms with Crippen molar-refractivity contribution in [3.05, 3.63) is 83.3 Å². The third kappa shape index (κ3) is 7.54. The number of fused-ring (bicyclic) bond motifs is 4. The number of aromatic nitrogens is 4.